The summed E-state index contributed by atoms with van der Waals surface area (Å²) in [5, 5.41) is 11.4. The predicted octanol–water partition coefficient (Wildman–Crippen LogP) is -0.199. The van der Waals surface area contributed by atoms with E-state index in [-0.39, 0.29) is 0 Å². The van der Waals surface area contributed by atoms with E-state index < -0.39 is 0 Å². The summed E-state index contributed by atoms with van der Waals surface area (Å²) in [5.41, 5.74) is 0. The Labute approximate surface area is 87.9 Å². The zero-order valence-corrected chi connectivity index (χ0v) is 8.67. The Morgan fingerprint density at radius 3 is 3.00 bits per heavy atom. The minimum absolute atomic E-state index is 0.734. The van der Waals surface area contributed by atoms with Gasteiger partial charge in [-0.1, -0.05) is 0 Å². The molecule has 0 saturated carbocycles. The maximum atomic E-state index is 4.12. The Morgan fingerprint density at radius 1 is 1.40 bits per heavy atom. The molecule has 0 bridgehead atoms. The maximum absolute atomic E-state index is 4.12. The number of aryl methyl sites for hydroxylation is 1. The molecule has 0 aromatic carbocycles. The van der Waals surface area contributed by atoms with E-state index in [1.165, 1.54) is 0 Å². The lowest BCUT2D eigenvalue weighted by Crippen LogP contribution is -2.21. The van der Waals surface area contributed by atoms with Crippen molar-refractivity contribution in [1.29, 1.82) is 0 Å². The van der Waals surface area contributed by atoms with Crippen LogP contribution < -0.4 is 5.32 Å². The summed E-state index contributed by atoms with van der Waals surface area (Å²) in [6, 6.07) is 1.92. The van der Waals surface area contributed by atoms with Gasteiger partial charge in [-0.15, -0.1) is 0 Å². The summed E-state index contributed by atoms with van der Waals surface area (Å²) in [7, 11) is 1.89. The van der Waals surface area contributed by atoms with E-state index in [2.05, 4.69) is 20.5 Å². The Morgan fingerprint density at radius 2 is 2.33 bits per heavy atom. The van der Waals surface area contributed by atoms with E-state index in [1.807, 2.05) is 24.0 Å². The number of nitrogens with zero attached hydrogens (tertiary/aromatic N) is 5. The number of hydrogen-bond donors (Lipinski definition) is 1. The molecule has 2 aromatic heterocycles. The second-order valence-electron chi connectivity index (χ2n) is 3.25. The fourth-order valence-corrected chi connectivity index (χ4v) is 1.31. The highest BCUT2D eigenvalue weighted by atomic mass is 15.3. The van der Waals surface area contributed by atoms with Gasteiger partial charge in [0.05, 0.1) is 13.1 Å². The number of aromatic nitrogens is 5. The van der Waals surface area contributed by atoms with Crippen LogP contribution in [0.5, 0.6) is 0 Å². The van der Waals surface area contributed by atoms with E-state index in [9.17, 15) is 0 Å². The largest absolute Gasteiger partial charge is 0.308 e. The van der Waals surface area contributed by atoms with Gasteiger partial charge in [0, 0.05) is 26.0 Å². The molecule has 0 fully saturated rings. The minimum Gasteiger partial charge on any atom is -0.308 e. The van der Waals surface area contributed by atoms with Crippen LogP contribution >= 0.6 is 0 Å². The SMILES string of the molecule is Cn1ncnc1CNCCn1cccn1. The van der Waals surface area contributed by atoms with Crippen LogP contribution in [0.4, 0.5) is 0 Å². The van der Waals surface area contributed by atoms with Crippen molar-refractivity contribution < 1.29 is 0 Å². The number of hydrogen-bond acceptors (Lipinski definition) is 4. The normalized spacial score (nSPS) is 10.7. The first-order chi connectivity index (χ1) is 7.36. The van der Waals surface area contributed by atoms with Crippen molar-refractivity contribution in [3.63, 3.8) is 0 Å². The van der Waals surface area contributed by atoms with Crippen molar-refractivity contribution in [2.75, 3.05) is 6.54 Å². The Bertz CT molecular complexity index is 390. The average Bonchev–Trinajstić information content (AvgIpc) is 2.85. The molecular weight excluding hydrogens is 192 g/mol. The second kappa shape index (κ2) is 4.70. The van der Waals surface area contributed by atoms with Gasteiger partial charge < -0.3 is 5.32 Å². The van der Waals surface area contributed by atoms with Gasteiger partial charge in [0.25, 0.3) is 0 Å². The summed E-state index contributed by atoms with van der Waals surface area (Å²) >= 11 is 0. The van der Waals surface area contributed by atoms with Gasteiger partial charge in [0.1, 0.15) is 12.2 Å². The van der Waals surface area contributed by atoms with Crippen molar-refractivity contribution in [2.24, 2.45) is 7.05 Å². The lowest BCUT2D eigenvalue weighted by molar-refractivity contribution is 0.537. The number of rotatable bonds is 5. The highest BCUT2D eigenvalue weighted by Crippen LogP contribution is 1.89. The third-order valence-corrected chi connectivity index (χ3v) is 2.17. The van der Waals surface area contributed by atoms with Gasteiger partial charge in [-0.3, -0.25) is 9.36 Å². The summed E-state index contributed by atoms with van der Waals surface area (Å²) in [4.78, 5) is 4.12. The first-order valence-corrected chi connectivity index (χ1v) is 4.87. The zero-order chi connectivity index (χ0) is 10.5. The van der Waals surface area contributed by atoms with Gasteiger partial charge >= 0.3 is 0 Å². The summed E-state index contributed by atoms with van der Waals surface area (Å²) in [6.07, 6.45) is 5.29. The smallest absolute Gasteiger partial charge is 0.140 e. The molecule has 2 heterocycles. The van der Waals surface area contributed by atoms with Gasteiger partial charge in [-0.25, -0.2) is 4.98 Å². The quantitative estimate of drug-likeness (QED) is 0.688. The zero-order valence-electron chi connectivity index (χ0n) is 8.67. The lowest BCUT2D eigenvalue weighted by atomic mass is 10.5. The van der Waals surface area contributed by atoms with Crippen molar-refractivity contribution in [3.8, 4) is 0 Å². The minimum atomic E-state index is 0.734. The maximum Gasteiger partial charge on any atom is 0.140 e. The topological polar surface area (TPSA) is 60.6 Å². The van der Waals surface area contributed by atoms with Gasteiger partial charge in [0.15, 0.2) is 0 Å². The molecule has 0 spiro atoms. The van der Waals surface area contributed by atoms with Crippen LogP contribution in [0.15, 0.2) is 24.8 Å². The van der Waals surface area contributed by atoms with Crippen molar-refractivity contribution >= 4 is 0 Å². The van der Waals surface area contributed by atoms with Gasteiger partial charge in [0.2, 0.25) is 0 Å². The highest BCUT2D eigenvalue weighted by Gasteiger charge is 1.98. The van der Waals surface area contributed by atoms with E-state index >= 15 is 0 Å². The summed E-state index contributed by atoms with van der Waals surface area (Å²) in [5.74, 6) is 0.940. The van der Waals surface area contributed by atoms with Crippen molar-refractivity contribution in [3.05, 3.63) is 30.6 Å². The third-order valence-electron chi connectivity index (χ3n) is 2.17. The third kappa shape index (κ3) is 2.63. The fraction of sp³-hybridized carbons (Fsp3) is 0.444. The first-order valence-electron chi connectivity index (χ1n) is 4.87. The summed E-state index contributed by atoms with van der Waals surface area (Å²) in [6.45, 7) is 2.47. The van der Waals surface area contributed by atoms with Crippen LogP contribution in [-0.2, 0) is 20.1 Å². The molecule has 0 unspecified atom stereocenters. The molecule has 0 aliphatic carbocycles. The fourth-order valence-electron chi connectivity index (χ4n) is 1.31. The molecule has 0 amide bonds. The van der Waals surface area contributed by atoms with E-state index in [4.69, 9.17) is 0 Å². The molecule has 0 aliphatic rings. The van der Waals surface area contributed by atoms with Crippen LogP contribution in [0.3, 0.4) is 0 Å². The molecule has 2 aromatic rings. The molecule has 15 heavy (non-hydrogen) atoms. The number of nitrogens with one attached hydrogen (secondary N) is 1. The molecule has 0 atom stereocenters. The van der Waals surface area contributed by atoms with E-state index in [0.29, 0.717) is 0 Å². The molecule has 80 valence electrons. The molecule has 6 nitrogen and oxygen atoms in total. The van der Waals surface area contributed by atoms with Crippen LogP contribution in [0, 0.1) is 0 Å². The van der Waals surface area contributed by atoms with E-state index in [0.717, 1.165) is 25.5 Å². The molecule has 0 aliphatic heterocycles. The molecule has 0 saturated heterocycles. The van der Waals surface area contributed by atoms with Gasteiger partial charge in [-0.05, 0) is 6.07 Å². The summed E-state index contributed by atoms with van der Waals surface area (Å²) < 4.78 is 3.66. The van der Waals surface area contributed by atoms with Crippen molar-refractivity contribution in [2.45, 2.75) is 13.1 Å². The monoisotopic (exact) mass is 206 g/mol. The van der Waals surface area contributed by atoms with Gasteiger partial charge in [-0.2, -0.15) is 10.2 Å². The van der Waals surface area contributed by atoms with Crippen LogP contribution in [0.25, 0.3) is 0 Å². The molecule has 2 rings (SSSR count). The lowest BCUT2D eigenvalue weighted by Gasteiger charge is -2.04. The van der Waals surface area contributed by atoms with Crippen LogP contribution in [-0.4, -0.2) is 31.1 Å². The van der Waals surface area contributed by atoms with E-state index in [1.54, 1.807) is 17.2 Å². The van der Waals surface area contributed by atoms with Crippen LogP contribution in [0.1, 0.15) is 5.82 Å². The predicted molar refractivity (Wildman–Crippen MR) is 54.9 cm³/mol. The second-order valence-corrected chi connectivity index (χ2v) is 3.25. The molecule has 6 heteroatoms. The Balaban J connectivity index is 1.70. The standard InChI is InChI=1S/C9H14N6/c1-14-9(11-8-13-14)7-10-4-6-15-5-2-3-12-15/h2-3,5,8,10H,4,6-7H2,1H3. The first kappa shape index (κ1) is 9.85. The van der Waals surface area contributed by atoms with Crippen molar-refractivity contribution in [1.82, 2.24) is 29.9 Å². The molecule has 0 radical (unpaired) electrons. The highest BCUT2D eigenvalue weighted by molar-refractivity contribution is 4.82. The Hall–Kier alpha value is -1.69. The Kier molecular flexibility index (Phi) is 3.08. The average molecular weight is 206 g/mol. The molecular formula is C9H14N6. The van der Waals surface area contributed by atoms with Crippen LogP contribution in [0.2, 0.25) is 0 Å². The molecule has 1 N–H and O–H groups in total.